The minimum atomic E-state index is -0.194. The van der Waals surface area contributed by atoms with Crippen molar-refractivity contribution in [1.82, 2.24) is 0 Å². The summed E-state index contributed by atoms with van der Waals surface area (Å²) in [5.41, 5.74) is 0. The highest BCUT2D eigenvalue weighted by Gasteiger charge is 2.13. The third kappa shape index (κ3) is 18.1. The molecule has 0 spiro atoms. The molecule has 1 atom stereocenters. The van der Waals surface area contributed by atoms with Gasteiger partial charge in [-0.3, -0.25) is 9.59 Å². The van der Waals surface area contributed by atoms with Gasteiger partial charge in [-0.2, -0.15) is 0 Å². The van der Waals surface area contributed by atoms with Gasteiger partial charge in [0.15, 0.2) is 0 Å². The van der Waals surface area contributed by atoms with Crippen LogP contribution in [-0.2, 0) is 19.1 Å². The molecule has 0 radical (unpaired) electrons. The van der Waals surface area contributed by atoms with E-state index in [1.807, 2.05) is 6.92 Å². The van der Waals surface area contributed by atoms with Crippen LogP contribution < -0.4 is 0 Å². The summed E-state index contributed by atoms with van der Waals surface area (Å²) in [6, 6.07) is 0. The zero-order chi connectivity index (χ0) is 20.2. The predicted octanol–water partition coefficient (Wildman–Crippen LogP) is 6.74. The standard InChI is InChI=1S/C23H44O4/c1-4-7-9-10-11-12-13-15-20-26-22(24)18-16-19-23(25)27-21(6-3)17-14-8-5-2/h21H,4-20H2,1-3H3. The summed E-state index contributed by atoms with van der Waals surface area (Å²) < 4.78 is 10.7. The van der Waals surface area contributed by atoms with Crippen LogP contribution in [0.5, 0.6) is 0 Å². The van der Waals surface area contributed by atoms with Gasteiger partial charge >= 0.3 is 11.9 Å². The smallest absolute Gasteiger partial charge is 0.306 e. The second-order valence-corrected chi connectivity index (χ2v) is 7.56. The minimum absolute atomic E-state index is 0.0259. The fourth-order valence-electron chi connectivity index (χ4n) is 3.08. The first-order valence-corrected chi connectivity index (χ1v) is 11.5. The zero-order valence-electron chi connectivity index (χ0n) is 18.2. The van der Waals surface area contributed by atoms with Crippen LogP contribution in [0.1, 0.15) is 124 Å². The zero-order valence-corrected chi connectivity index (χ0v) is 18.2. The van der Waals surface area contributed by atoms with Gasteiger partial charge in [-0.1, -0.05) is 78.6 Å². The van der Waals surface area contributed by atoms with Crippen molar-refractivity contribution in [3.8, 4) is 0 Å². The predicted molar refractivity (Wildman–Crippen MR) is 112 cm³/mol. The normalized spacial score (nSPS) is 12.0. The highest BCUT2D eigenvalue weighted by molar-refractivity contribution is 5.72. The molecule has 0 rings (SSSR count). The van der Waals surface area contributed by atoms with Crippen molar-refractivity contribution in [3.05, 3.63) is 0 Å². The van der Waals surface area contributed by atoms with Gasteiger partial charge in [0.05, 0.1) is 6.61 Å². The van der Waals surface area contributed by atoms with E-state index >= 15 is 0 Å². The average molecular weight is 385 g/mol. The molecule has 1 unspecified atom stereocenters. The molecule has 4 nitrogen and oxygen atoms in total. The third-order valence-corrected chi connectivity index (χ3v) is 4.91. The molecule has 0 N–H and O–H groups in total. The third-order valence-electron chi connectivity index (χ3n) is 4.91. The number of ether oxygens (including phenoxy) is 2. The quantitative estimate of drug-likeness (QED) is 0.183. The topological polar surface area (TPSA) is 52.6 Å². The second kappa shape index (κ2) is 19.7. The average Bonchev–Trinajstić information content (AvgIpc) is 2.66. The molecule has 27 heavy (non-hydrogen) atoms. The van der Waals surface area contributed by atoms with E-state index in [0.29, 0.717) is 25.9 Å². The second-order valence-electron chi connectivity index (χ2n) is 7.56. The lowest BCUT2D eigenvalue weighted by molar-refractivity contribution is -0.150. The van der Waals surface area contributed by atoms with Crippen LogP contribution in [-0.4, -0.2) is 24.6 Å². The van der Waals surface area contributed by atoms with E-state index in [-0.39, 0.29) is 18.0 Å². The molecule has 0 aliphatic carbocycles. The van der Waals surface area contributed by atoms with Gasteiger partial charge in [-0.05, 0) is 32.1 Å². The Labute approximate surface area is 167 Å². The Hall–Kier alpha value is -1.06. The van der Waals surface area contributed by atoms with Gasteiger partial charge in [-0.15, -0.1) is 0 Å². The molecule has 160 valence electrons. The molecule has 0 saturated heterocycles. The lowest BCUT2D eigenvalue weighted by atomic mass is 10.1. The first kappa shape index (κ1) is 25.9. The summed E-state index contributed by atoms with van der Waals surface area (Å²) in [6.45, 7) is 6.95. The van der Waals surface area contributed by atoms with Crippen LogP contribution in [0.25, 0.3) is 0 Å². The van der Waals surface area contributed by atoms with Crippen LogP contribution >= 0.6 is 0 Å². The molecule has 0 aliphatic heterocycles. The summed E-state index contributed by atoms with van der Waals surface area (Å²) in [7, 11) is 0. The summed E-state index contributed by atoms with van der Waals surface area (Å²) in [5.74, 6) is -0.380. The van der Waals surface area contributed by atoms with Crippen LogP contribution in [0.15, 0.2) is 0 Å². The molecule has 0 aromatic carbocycles. The number of carbonyl (C=O) groups excluding carboxylic acids is 2. The molecule has 4 heteroatoms. The minimum Gasteiger partial charge on any atom is -0.466 e. The largest absolute Gasteiger partial charge is 0.466 e. The SMILES string of the molecule is CCCCCCCCCCOC(=O)CCCC(=O)OC(CC)CCCCC. The fourth-order valence-corrected chi connectivity index (χ4v) is 3.08. The Morgan fingerprint density at radius 1 is 0.667 bits per heavy atom. The Balaban J connectivity index is 3.54. The molecule has 0 aliphatic rings. The van der Waals surface area contributed by atoms with E-state index in [9.17, 15) is 9.59 Å². The number of hydrogen-bond acceptors (Lipinski definition) is 4. The summed E-state index contributed by atoms with van der Waals surface area (Å²) >= 11 is 0. The summed E-state index contributed by atoms with van der Waals surface area (Å²) in [5, 5.41) is 0. The first-order valence-electron chi connectivity index (χ1n) is 11.5. The van der Waals surface area contributed by atoms with E-state index in [1.165, 1.54) is 51.4 Å². The van der Waals surface area contributed by atoms with Gasteiger partial charge in [0.1, 0.15) is 6.10 Å². The Kier molecular flexibility index (Phi) is 18.9. The van der Waals surface area contributed by atoms with Crippen molar-refractivity contribution < 1.29 is 19.1 Å². The van der Waals surface area contributed by atoms with E-state index in [4.69, 9.17) is 9.47 Å². The first-order chi connectivity index (χ1) is 13.1. The number of hydrogen-bond donors (Lipinski definition) is 0. The lowest BCUT2D eigenvalue weighted by Gasteiger charge is -2.15. The molecule has 0 heterocycles. The molecule has 0 aromatic rings. The molecule has 0 saturated carbocycles. The van der Waals surface area contributed by atoms with E-state index in [1.54, 1.807) is 0 Å². The van der Waals surface area contributed by atoms with Crippen molar-refractivity contribution in [2.75, 3.05) is 6.61 Å². The van der Waals surface area contributed by atoms with E-state index < -0.39 is 0 Å². The van der Waals surface area contributed by atoms with Gasteiger partial charge < -0.3 is 9.47 Å². The van der Waals surface area contributed by atoms with E-state index in [0.717, 1.165) is 32.1 Å². The lowest BCUT2D eigenvalue weighted by Crippen LogP contribution is -2.17. The number of carbonyl (C=O) groups is 2. The van der Waals surface area contributed by atoms with E-state index in [2.05, 4.69) is 13.8 Å². The van der Waals surface area contributed by atoms with Gasteiger partial charge in [-0.25, -0.2) is 0 Å². The highest BCUT2D eigenvalue weighted by atomic mass is 16.5. The van der Waals surface area contributed by atoms with Crippen molar-refractivity contribution in [2.24, 2.45) is 0 Å². The van der Waals surface area contributed by atoms with Crippen LogP contribution in [0.3, 0.4) is 0 Å². The molecular weight excluding hydrogens is 340 g/mol. The number of esters is 2. The highest BCUT2D eigenvalue weighted by Crippen LogP contribution is 2.12. The van der Waals surface area contributed by atoms with Gasteiger partial charge in [0.25, 0.3) is 0 Å². The van der Waals surface area contributed by atoms with Crippen molar-refractivity contribution >= 4 is 11.9 Å². The maximum absolute atomic E-state index is 11.9. The van der Waals surface area contributed by atoms with Gasteiger partial charge in [0.2, 0.25) is 0 Å². The Bertz CT molecular complexity index is 354. The molecule has 0 bridgehead atoms. The summed E-state index contributed by atoms with van der Waals surface area (Å²) in [6.07, 6.45) is 16.3. The monoisotopic (exact) mass is 384 g/mol. The number of unbranched alkanes of at least 4 members (excludes halogenated alkanes) is 9. The molecule has 0 amide bonds. The van der Waals surface area contributed by atoms with Gasteiger partial charge in [0, 0.05) is 12.8 Å². The fraction of sp³-hybridized carbons (Fsp3) is 0.913. The Morgan fingerprint density at radius 3 is 1.85 bits per heavy atom. The number of rotatable bonds is 19. The molecular formula is C23H44O4. The van der Waals surface area contributed by atoms with Crippen molar-refractivity contribution in [1.29, 1.82) is 0 Å². The molecule has 0 fully saturated rings. The Morgan fingerprint density at radius 2 is 1.22 bits per heavy atom. The van der Waals surface area contributed by atoms with Crippen molar-refractivity contribution in [2.45, 2.75) is 130 Å². The van der Waals surface area contributed by atoms with Crippen LogP contribution in [0.2, 0.25) is 0 Å². The maximum atomic E-state index is 11.9. The maximum Gasteiger partial charge on any atom is 0.306 e. The summed E-state index contributed by atoms with van der Waals surface area (Å²) in [4.78, 5) is 23.6. The van der Waals surface area contributed by atoms with Crippen LogP contribution in [0.4, 0.5) is 0 Å². The molecule has 0 aromatic heterocycles. The van der Waals surface area contributed by atoms with Crippen LogP contribution in [0, 0.1) is 0 Å². The van der Waals surface area contributed by atoms with Crippen molar-refractivity contribution in [3.63, 3.8) is 0 Å².